The van der Waals surface area contributed by atoms with Crippen molar-refractivity contribution in [1.29, 1.82) is 0 Å². The number of carboxylic acid groups (broad SMARTS) is 1. The highest BCUT2D eigenvalue weighted by molar-refractivity contribution is 5.94. The fraction of sp³-hybridized carbons (Fsp3) is 0.400. The van der Waals surface area contributed by atoms with Crippen LogP contribution in [0.3, 0.4) is 0 Å². The van der Waals surface area contributed by atoms with Crippen molar-refractivity contribution in [3.05, 3.63) is 59.7 Å². The zero-order valence-corrected chi connectivity index (χ0v) is 16.2. The fourth-order valence-corrected chi connectivity index (χ4v) is 3.83. The number of hydrogen-bond acceptors (Lipinski definition) is 6. The van der Waals surface area contributed by atoms with Crippen molar-refractivity contribution in [3.8, 4) is 0 Å². The highest BCUT2D eigenvalue weighted by atomic mass is 19.1. The summed E-state index contributed by atoms with van der Waals surface area (Å²) in [5.74, 6) is -1.74. The molecule has 2 saturated heterocycles. The van der Waals surface area contributed by atoms with Gasteiger partial charge in [0.05, 0.1) is 19.3 Å². The molecule has 2 aliphatic rings. The van der Waals surface area contributed by atoms with Gasteiger partial charge in [0.15, 0.2) is 0 Å². The van der Waals surface area contributed by atoms with Gasteiger partial charge < -0.3 is 14.7 Å². The van der Waals surface area contributed by atoms with Crippen molar-refractivity contribution in [2.45, 2.75) is 12.6 Å². The Morgan fingerprint density at radius 1 is 1.13 bits per heavy atom. The summed E-state index contributed by atoms with van der Waals surface area (Å²) >= 11 is 0. The van der Waals surface area contributed by atoms with E-state index in [4.69, 9.17) is 14.6 Å². The molecule has 2 atom stereocenters. The minimum absolute atomic E-state index is 0.0306. The largest absolute Gasteiger partial charge is 0.483 e. The minimum Gasteiger partial charge on any atom is -0.483 e. The second kappa shape index (κ2) is 10.2. The molecule has 1 aromatic heterocycles. The van der Waals surface area contributed by atoms with Crippen LogP contribution in [0, 0.1) is 17.6 Å². The van der Waals surface area contributed by atoms with Crippen LogP contribution in [0.2, 0.25) is 0 Å². The van der Waals surface area contributed by atoms with Gasteiger partial charge >= 0.3 is 0 Å². The Hall–Kier alpha value is -2.98. The highest BCUT2D eigenvalue weighted by Crippen LogP contribution is 2.23. The van der Waals surface area contributed by atoms with Gasteiger partial charge in [-0.3, -0.25) is 14.5 Å². The molecule has 1 amide bonds. The Kier molecular flexibility index (Phi) is 7.36. The standard InChI is InChI=1S/C19H20F2N4O2.CH2O2/c20-16-1-15(2-17(21)3-16)19(26)25-8-14-7-24(9-18(25)11-27-10-14)6-13-4-22-12-23-5-13;2-1-3/h1-5,12,14,18H,6-11H2;1H,(H,2,3)/t14-,18-;/m0./s1. The Bertz CT molecular complexity index is 851. The van der Waals surface area contributed by atoms with Crippen molar-refractivity contribution < 1.29 is 28.2 Å². The molecule has 30 heavy (non-hydrogen) atoms. The lowest BCUT2D eigenvalue weighted by molar-refractivity contribution is -0.122. The molecule has 2 aromatic rings. The predicted octanol–water partition coefficient (Wildman–Crippen LogP) is 1.43. The monoisotopic (exact) mass is 420 g/mol. The molecule has 0 aliphatic carbocycles. The summed E-state index contributed by atoms with van der Waals surface area (Å²) in [5.41, 5.74) is 1.03. The smallest absolute Gasteiger partial charge is 0.290 e. The first kappa shape index (κ1) is 21.7. The highest BCUT2D eigenvalue weighted by Gasteiger charge is 2.36. The lowest BCUT2D eigenvalue weighted by atomic mass is 10.1. The average Bonchev–Trinajstić information content (AvgIpc) is 2.99. The minimum atomic E-state index is -0.752. The first-order valence-corrected chi connectivity index (χ1v) is 9.39. The van der Waals surface area contributed by atoms with Gasteiger partial charge in [0.25, 0.3) is 12.4 Å². The fourth-order valence-electron chi connectivity index (χ4n) is 3.83. The summed E-state index contributed by atoms with van der Waals surface area (Å²) in [4.78, 5) is 33.4. The zero-order valence-electron chi connectivity index (χ0n) is 16.2. The van der Waals surface area contributed by atoms with E-state index < -0.39 is 11.6 Å². The van der Waals surface area contributed by atoms with Crippen LogP contribution >= 0.6 is 0 Å². The van der Waals surface area contributed by atoms with Crippen molar-refractivity contribution in [2.24, 2.45) is 5.92 Å². The third kappa shape index (κ3) is 5.55. The van der Waals surface area contributed by atoms with Crippen molar-refractivity contribution >= 4 is 12.4 Å². The number of amides is 1. The quantitative estimate of drug-likeness (QED) is 0.751. The number of benzene rings is 1. The van der Waals surface area contributed by atoms with Crippen LogP contribution in [0.5, 0.6) is 0 Å². The Morgan fingerprint density at radius 3 is 2.47 bits per heavy atom. The van der Waals surface area contributed by atoms with Crippen LogP contribution in [-0.4, -0.2) is 76.1 Å². The van der Waals surface area contributed by atoms with E-state index in [1.807, 2.05) is 0 Å². The molecule has 10 heteroatoms. The SMILES string of the molecule is O=C(c1cc(F)cc(F)c1)N1C[C@H]2COC[C@@H]1CN(Cc1cncnc1)C2.O=CO. The van der Waals surface area contributed by atoms with Crippen LogP contribution in [0.25, 0.3) is 0 Å². The van der Waals surface area contributed by atoms with E-state index >= 15 is 0 Å². The van der Waals surface area contributed by atoms with Crippen LogP contribution in [-0.2, 0) is 16.1 Å². The lowest BCUT2D eigenvalue weighted by Gasteiger charge is -2.31. The van der Waals surface area contributed by atoms with E-state index in [1.54, 1.807) is 17.3 Å². The van der Waals surface area contributed by atoms with E-state index in [1.165, 1.54) is 6.33 Å². The number of nitrogens with zero attached hydrogens (tertiary/aromatic N) is 4. The van der Waals surface area contributed by atoms with E-state index in [0.717, 1.165) is 30.3 Å². The summed E-state index contributed by atoms with van der Waals surface area (Å²) in [7, 11) is 0. The second-order valence-corrected chi connectivity index (χ2v) is 7.22. The number of halogens is 2. The Morgan fingerprint density at radius 2 is 1.80 bits per heavy atom. The summed E-state index contributed by atoms with van der Waals surface area (Å²) in [5, 5.41) is 6.89. The van der Waals surface area contributed by atoms with Gasteiger partial charge in [0.1, 0.15) is 18.0 Å². The van der Waals surface area contributed by atoms with E-state index in [9.17, 15) is 13.6 Å². The molecule has 0 radical (unpaired) electrons. The molecule has 160 valence electrons. The van der Waals surface area contributed by atoms with Crippen molar-refractivity contribution in [1.82, 2.24) is 19.8 Å². The van der Waals surface area contributed by atoms with Gasteiger partial charge in [-0.25, -0.2) is 18.7 Å². The molecule has 0 spiro atoms. The lowest BCUT2D eigenvalue weighted by Crippen LogP contribution is -2.46. The maximum absolute atomic E-state index is 13.6. The molecule has 8 nitrogen and oxygen atoms in total. The number of fused-ring (bicyclic) bond motifs is 3. The van der Waals surface area contributed by atoms with Crippen LogP contribution < -0.4 is 0 Å². The third-order valence-corrected chi connectivity index (χ3v) is 4.94. The molecule has 0 saturated carbocycles. The topological polar surface area (TPSA) is 95.9 Å². The van der Waals surface area contributed by atoms with Crippen LogP contribution in [0.15, 0.2) is 36.9 Å². The van der Waals surface area contributed by atoms with Crippen LogP contribution in [0.4, 0.5) is 8.78 Å². The molecule has 2 fully saturated rings. The Labute approximate surface area is 172 Å². The normalized spacial score (nSPS) is 21.2. The van der Waals surface area contributed by atoms with Crippen molar-refractivity contribution in [3.63, 3.8) is 0 Å². The first-order valence-electron chi connectivity index (χ1n) is 9.39. The molecule has 1 aromatic carbocycles. The van der Waals surface area contributed by atoms with E-state index in [-0.39, 0.29) is 29.9 Å². The summed E-state index contributed by atoms with van der Waals surface area (Å²) < 4.78 is 32.8. The maximum Gasteiger partial charge on any atom is 0.290 e. The molecular weight excluding hydrogens is 398 g/mol. The average molecular weight is 420 g/mol. The molecule has 3 heterocycles. The number of carbonyl (C=O) groups is 2. The second-order valence-electron chi connectivity index (χ2n) is 7.22. The number of aromatic nitrogens is 2. The number of carbonyl (C=O) groups excluding carboxylic acids is 1. The third-order valence-electron chi connectivity index (χ3n) is 4.94. The van der Waals surface area contributed by atoms with Gasteiger partial charge in [-0.15, -0.1) is 0 Å². The van der Waals surface area contributed by atoms with Crippen LogP contribution in [0.1, 0.15) is 15.9 Å². The summed E-state index contributed by atoms with van der Waals surface area (Å²) in [6, 6.07) is 2.76. The predicted molar refractivity (Wildman–Crippen MR) is 101 cm³/mol. The molecular formula is C20H22F2N4O4. The molecule has 4 rings (SSSR count). The summed E-state index contributed by atoms with van der Waals surface area (Å²) in [6.45, 7) is 3.29. The Balaban J connectivity index is 0.000000806. The molecule has 1 N–H and O–H groups in total. The summed E-state index contributed by atoms with van der Waals surface area (Å²) in [6.07, 6.45) is 5.05. The van der Waals surface area contributed by atoms with Gasteiger partial charge in [-0.1, -0.05) is 0 Å². The number of hydrogen-bond donors (Lipinski definition) is 1. The first-order chi connectivity index (χ1) is 14.5. The molecule has 2 bridgehead atoms. The van der Waals surface area contributed by atoms with Gasteiger partial charge in [0, 0.05) is 61.7 Å². The van der Waals surface area contributed by atoms with Crippen molar-refractivity contribution in [2.75, 3.05) is 32.8 Å². The zero-order chi connectivity index (χ0) is 21.5. The van der Waals surface area contributed by atoms with Gasteiger partial charge in [-0.2, -0.15) is 0 Å². The number of ether oxygens (including phenoxy) is 1. The molecule has 2 aliphatic heterocycles. The van der Waals surface area contributed by atoms with Gasteiger partial charge in [-0.05, 0) is 12.1 Å². The number of rotatable bonds is 3. The van der Waals surface area contributed by atoms with E-state index in [2.05, 4.69) is 14.9 Å². The van der Waals surface area contributed by atoms with Gasteiger partial charge in [0.2, 0.25) is 0 Å². The van der Waals surface area contributed by atoms with E-state index in [0.29, 0.717) is 32.8 Å². The molecule has 0 unspecified atom stereocenters. The maximum atomic E-state index is 13.6.